The number of hydrogen-bond donors (Lipinski definition) is 1. The van der Waals surface area contributed by atoms with E-state index in [-0.39, 0.29) is 5.91 Å². The average Bonchev–Trinajstić information content (AvgIpc) is 2.92. The highest BCUT2D eigenvalue weighted by molar-refractivity contribution is 7.17. The van der Waals surface area contributed by atoms with Gasteiger partial charge in [0.15, 0.2) is 0 Å². The Balaban J connectivity index is 1.97. The number of rotatable bonds is 4. The first-order chi connectivity index (χ1) is 8.79. The summed E-state index contributed by atoms with van der Waals surface area (Å²) in [4.78, 5) is 12.2. The number of fused-ring (bicyclic) bond motifs is 1. The van der Waals surface area contributed by atoms with E-state index < -0.39 is 0 Å². The molecule has 0 aliphatic heterocycles. The second-order valence-corrected chi connectivity index (χ2v) is 5.57. The Kier molecular flexibility index (Phi) is 2.96. The van der Waals surface area contributed by atoms with E-state index in [2.05, 4.69) is 27.4 Å². The highest BCUT2D eigenvalue weighted by Gasteiger charge is 2.25. The summed E-state index contributed by atoms with van der Waals surface area (Å²) in [6, 6.07) is 4.49. The first-order valence-corrected chi connectivity index (χ1v) is 7.16. The zero-order valence-electron chi connectivity index (χ0n) is 10.3. The van der Waals surface area contributed by atoms with Gasteiger partial charge in [-0.15, -0.1) is 11.3 Å². The van der Waals surface area contributed by atoms with Crippen molar-refractivity contribution in [1.82, 2.24) is 9.88 Å². The fraction of sp³-hybridized carbons (Fsp3) is 0.357. The summed E-state index contributed by atoms with van der Waals surface area (Å²) in [5.74, 6) is 0.0606. The SMILES string of the molecule is C/C=C/Cn1c(C(=O)NC2CC2)cc2sccc21. The van der Waals surface area contributed by atoms with Gasteiger partial charge in [-0.05, 0) is 37.3 Å². The van der Waals surface area contributed by atoms with Crippen molar-refractivity contribution in [3.05, 3.63) is 35.4 Å². The molecule has 0 radical (unpaired) electrons. The van der Waals surface area contributed by atoms with Gasteiger partial charge in [0.25, 0.3) is 5.91 Å². The first kappa shape index (κ1) is 11.5. The molecule has 18 heavy (non-hydrogen) atoms. The molecule has 94 valence electrons. The van der Waals surface area contributed by atoms with Gasteiger partial charge in [0.2, 0.25) is 0 Å². The lowest BCUT2D eigenvalue weighted by molar-refractivity contribution is 0.0943. The van der Waals surface area contributed by atoms with E-state index in [0.29, 0.717) is 6.04 Å². The monoisotopic (exact) mass is 260 g/mol. The highest BCUT2D eigenvalue weighted by Crippen LogP contribution is 2.26. The Bertz CT molecular complexity index is 604. The molecule has 3 nitrogen and oxygen atoms in total. The molecule has 1 saturated carbocycles. The Morgan fingerprint density at radius 3 is 3.17 bits per heavy atom. The molecule has 0 spiro atoms. The maximum atomic E-state index is 12.2. The molecule has 2 heterocycles. The van der Waals surface area contributed by atoms with Gasteiger partial charge in [0.1, 0.15) is 5.69 Å². The van der Waals surface area contributed by atoms with Crippen molar-refractivity contribution in [2.45, 2.75) is 32.4 Å². The van der Waals surface area contributed by atoms with E-state index in [1.54, 1.807) is 11.3 Å². The Morgan fingerprint density at radius 1 is 1.61 bits per heavy atom. The minimum atomic E-state index is 0.0606. The molecule has 3 rings (SSSR count). The summed E-state index contributed by atoms with van der Waals surface area (Å²) in [5, 5.41) is 5.13. The molecule has 1 N–H and O–H groups in total. The summed E-state index contributed by atoms with van der Waals surface area (Å²) in [6.45, 7) is 2.75. The number of hydrogen-bond acceptors (Lipinski definition) is 2. The molecule has 0 aromatic carbocycles. The van der Waals surface area contributed by atoms with Crippen LogP contribution in [0.5, 0.6) is 0 Å². The largest absolute Gasteiger partial charge is 0.348 e. The van der Waals surface area contributed by atoms with Gasteiger partial charge in [0, 0.05) is 12.6 Å². The van der Waals surface area contributed by atoms with Crippen molar-refractivity contribution in [3.8, 4) is 0 Å². The Labute approximate surface area is 110 Å². The number of thiophene rings is 1. The van der Waals surface area contributed by atoms with E-state index in [4.69, 9.17) is 0 Å². The maximum Gasteiger partial charge on any atom is 0.268 e. The van der Waals surface area contributed by atoms with Crippen LogP contribution in [0.2, 0.25) is 0 Å². The van der Waals surface area contributed by atoms with E-state index in [1.165, 1.54) is 4.70 Å². The van der Waals surface area contributed by atoms with Gasteiger partial charge in [-0.3, -0.25) is 4.79 Å². The minimum absolute atomic E-state index is 0.0606. The molecule has 4 heteroatoms. The van der Waals surface area contributed by atoms with Crippen LogP contribution >= 0.6 is 11.3 Å². The number of carbonyl (C=O) groups excluding carboxylic acids is 1. The number of nitrogens with zero attached hydrogens (tertiary/aromatic N) is 1. The molecule has 1 aliphatic rings. The summed E-state index contributed by atoms with van der Waals surface area (Å²) >= 11 is 1.68. The average molecular weight is 260 g/mol. The molecule has 1 fully saturated rings. The lowest BCUT2D eigenvalue weighted by Crippen LogP contribution is -2.27. The Morgan fingerprint density at radius 2 is 2.44 bits per heavy atom. The molecule has 0 atom stereocenters. The number of nitrogens with one attached hydrogen (secondary N) is 1. The van der Waals surface area contributed by atoms with Crippen molar-refractivity contribution >= 4 is 27.5 Å². The third kappa shape index (κ3) is 2.08. The van der Waals surface area contributed by atoms with Gasteiger partial charge in [-0.25, -0.2) is 0 Å². The molecule has 1 amide bonds. The van der Waals surface area contributed by atoms with Gasteiger partial charge in [-0.2, -0.15) is 0 Å². The standard InChI is InChI=1S/C14H16N2OS/c1-2-3-7-16-11-6-8-18-13(11)9-12(16)14(17)15-10-4-5-10/h2-3,6,8-10H,4-5,7H2,1H3,(H,15,17)/b3-2+. The fourth-order valence-corrected chi connectivity index (χ4v) is 2.88. The normalized spacial score (nSPS) is 15.6. The van der Waals surface area contributed by atoms with E-state index in [1.807, 2.05) is 19.1 Å². The van der Waals surface area contributed by atoms with Crippen LogP contribution in [0.3, 0.4) is 0 Å². The summed E-state index contributed by atoms with van der Waals surface area (Å²) in [5.41, 5.74) is 1.93. The van der Waals surface area contributed by atoms with Crippen molar-refractivity contribution in [2.75, 3.05) is 0 Å². The number of carbonyl (C=O) groups is 1. The van der Waals surface area contributed by atoms with Crippen LogP contribution in [0.4, 0.5) is 0 Å². The third-order valence-electron chi connectivity index (χ3n) is 3.19. The van der Waals surface area contributed by atoms with Crippen LogP contribution in [0, 0.1) is 0 Å². The summed E-state index contributed by atoms with van der Waals surface area (Å²) < 4.78 is 3.27. The third-order valence-corrected chi connectivity index (χ3v) is 4.04. The fourth-order valence-electron chi connectivity index (χ4n) is 2.06. The number of aromatic nitrogens is 1. The molecular formula is C14H16N2OS. The molecule has 0 saturated heterocycles. The van der Waals surface area contributed by atoms with Gasteiger partial charge in [-0.1, -0.05) is 12.2 Å². The zero-order chi connectivity index (χ0) is 12.5. The van der Waals surface area contributed by atoms with Gasteiger partial charge < -0.3 is 9.88 Å². The highest BCUT2D eigenvalue weighted by atomic mass is 32.1. The molecular weight excluding hydrogens is 244 g/mol. The lowest BCUT2D eigenvalue weighted by atomic mass is 10.4. The van der Waals surface area contributed by atoms with Crippen LogP contribution in [0.1, 0.15) is 30.3 Å². The van der Waals surface area contributed by atoms with Crippen LogP contribution in [0.15, 0.2) is 29.7 Å². The second-order valence-electron chi connectivity index (χ2n) is 4.63. The van der Waals surface area contributed by atoms with Crippen LogP contribution in [0.25, 0.3) is 10.2 Å². The quantitative estimate of drug-likeness (QED) is 0.842. The van der Waals surface area contributed by atoms with Crippen LogP contribution in [-0.2, 0) is 6.54 Å². The molecule has 0 unspecified atom stereocenters. The number of allylic oxidation sites excluding steroid dienone is 2. The number of amides is 1. The predicted octanol–water partition coefficient (Wildman–Crippen LogP) is 3.17. The summed E-state index contributed by atoms with van der Waals surface area (Å²) in [7, 11) is 0. The summed E-state index contributed by atoms with van der Waals surface area (Å²) in [6.07, 6.45) is 6.33. The minimum Gasteiger partial charge on any atom is -0.348 e. The van der Waals surface area contributed by atoms with Crippen molar-refractivity contribution in [2.24, 2.45) is 0 Å². The molecule has 1 aliphatic carbocycles. The predicted molar refractivity (Wildman–Crippen MR) is 75.1 cm³/mol. The van der Waals surface area contributed by atoms with Crippen molar-refractivity contribution in [1.29, 1.82) is 0 Å². The van der Waals surface area contributed by atoms with E-state index >= 15 is 0 Å². The topological polar surface area (TPSA) is 34.0 Å². The van der Waals surface area contributed by atoms with Crippen molar-refractivity contribution in [3.63, 3.8) is 0 Å². The molecule has 0 bridgehead atoms. The van der Waals surface area contributed by atoms with Gasteiger partial charge >= 0.3 is 0 Å². The first-order valence-electron chi connectivity index (χ1n) is 6.28. The smallest absolute Gasteiger partial charge is 0.268 e. The second kappa shape index (κ2) is 4.61. The van der Waals surface area contributed by atoms with Crippen LogP contribution < -0.4 is 5.32 Å². The Hall–Kier alpha value is -1.55. The van der Waals surface area contributed by atoms with Gasteiger partial charge in [0.05, 0.1) is 10.2 Å². The lowest BCUT2D eigenvalue weighted by Gasteiger charge is -2.08. The molecule has 2 aromatic rings. The van der Waals surface area contributed by atoms with E-state index in [0.717, 1.165) is 30.6 Å². The van der Waals surface area contributed by atoms with Crippen LogP contribution in [-0.4, -0.2) is 16.5 Å². The maximum absolute atomic E-state index is 12.2. The zero-order valence-corrected chi connectivity index (χ0v) is 11.2. The van der Waals surface area contributed by atoms with E-state index in [9.17, 15) is 4.79 Å². The molecule has 2 aromatic heterocycles. The van der Waals surface area contributed by atoms with Crippen molar-refractivity contribution < 1.29 is 4.79 Å².